The third kappa shape index (κ3) is 3.93. The van der Waals surface area contributed by atoms with Gasteiger partial charge in [0.1, 0.15) is 5.82 Å². The highest BCUT2D eigenvalue weighted by atomic mass is 16.5. The molecule has 3 N–H and O–H groups in total. The van der Waals surface area contributed by atoms with E-state index in [2.05, 4.69) is 33.9 Å². The Morgan fingerprint density at radius 1 is 1.35 bits per heavy atom. The van der Waals surface area contributed by atoms with E-state index >= 15 is 0 Å². The maximum atomic E-state index is 5.84. The van der Waals surface area contributed by atoms with Crippen molar-refractivity contribution in [3.8, 4) is 0 Å². The quantitative estimate of drug-likeness (QED) is 0.737. The number of nitrogens with one attached hydrogen (secondary N) is 1. The van der Waals surface area contributed by atoms with Crippen LogP contribution in [0.5, 0.6) is 0 Å². The van der Waals surface area contributed by atoms with Crippen LogP contribution in [0.1, 0.15) is 38.9 Å². The van der Waals surface area contributed by atoms with E-state index < -0.39 is 0 Å². The molecule has 0 amide bonds. The van der Waals surface area contributed by atoms with Gasteiger partial charge in [0.25, 0.3) is 0 Å². The zero-order valence-corrected chi connectivity index (χ0v) is 12.7. The van der Waals surface area contributed by atoms with Crippen LogP contribution in [0.3, 0.4) is 0 Å². The van der Waals surface area contributed by atoms with Gasteiger partial charge >= 0.3 is 0 Å². The minimum absolute atomic E-state index is 0.281. The third-order valence-corrected chi connectivity index (χ3v) is 4.10. The van der Waals surface area contributed by atoms with Gasteiger partial charge in [0.05, 0.1) is 6.61 Å². The normalized spacial score (nSPS) is 18.4. The molecule has 0 atom stereocenters. The fraction of sp³-hybridized carbons (Fsp3) is 0.857. The first-order chi connectivity index (χ1) is 9.67. The van der Waals surface area contributed by atoms with Crippen molar-refractivity contribution in [1.29, 1.82) is 0 Å². The Hall–Kier alpha value is -1.14. The highest BCUT2D eigenvalue weighted by molar-refractivity contribution is 5.29. The Kier molecular flexibility index (Phi) is 5.37. The van der Waals surface area contributed by atoms with Crippen molar-refractivity contribution in [1.82, 2.24) is 15.2 Å². The van der Waals surface area contributed by atoms with Crippen molar-refractivity contribution in [2.75, 3.05) is 37.7 Å². The summed E-state index contributed by atoms with van der Waals surface area (Å²) in [7, 11) is 0. The molecule has 6 nitrogen and oxygen atoms in total. The molecular weight excluding hydrogens is 254 g/mol. The number of nitrogens with two attached hydrogens (primary N) is 1. The molecule has 1 aromatic heterocycles. The summed E-state index contributed by atoms with van der Waals surface area (Å²) >= 11 is 0. The van der Waals surface area contributed by atoms with Crippen LogP contribution in [0.2, 0.25) is 0 Å². The summed E-state index contributed by atoms with van der Waals surface area (Å²) in [5.41, 5.74) is 6.12. The van der Waals surface area contributed by atoms with Gasteiger partial charge in [-0.15, -0.1) is 5.10 Å². The van der Waals surface area contributed by atoms with Crippen LogP contribution in [0.25, 0.3) is 0 Å². The van der Waals surface area contributed by atoms with Gasteiger partial charge in [-0.05, 0) is 31.2 Å². The maximum absolute atomic E-state index is 5.84. The Bertz CT molecular complexity index is 398. The van der Waals surface area contributed by atoms with Crippen molar-refractivity contribution >= 4 is 5.95 Å². The number of nitrogens with zero attached hydrogens (tertiary/aromatic N) is 3. The van der Waals surface area contributed by atoms with E-state index in [4.69, 9.17) is 10.5 Å². The highest BCUT2D eigenvalue weighted by Crippen LogP contribution is 2.30. The van der Waals surface area contributed by atoms with Crippen LogP contribution in [0.15, 0.2) is 0 Å². The second-order valence-corrected chi connectivity index (χ2v) is 5.95. The topological polar surface area (TPSA) is 80.1 Å². The van der Waals surface area contributed by atoms with E-state index in [0.29, 0.717) is 6.61 Å². The van der Waals surface area contributed by atoms with Crippen LogP contribution < -0.4 is 10.6 Å². The average Bonchev–Trinajstić information content (AvgIpc) is 2.93. The van der Waals surface area contributed by atoms with Crippen molar-refractivity contribution in [3.05, 3.63) is 5.82 Å². The van der Waals surface area contributed by atoms with Gasteiger partial charge in [-0.2, -0.15) is 4.98 Å². The number of piperidine rings is 1. The van der Waals surface area contributed by atoms with E-state index in [1.807, 2.05) is 0 Å². The monoisotopic (exact) mass is 281 g/mol. The first kappa shape index (κ1) is 15.3. The summed E-state index contributed by atoms with van der Waals surface area (Å²) in [6.07, 6.45) is 4.05. The minimum atomic E-state index is 0.281. The molecule has 0 aliphatic carbocycles. The van der Waals surface area contributed by atoms with Crippen molar-refractivity contribution in [2.24, 2.45) is 11.1 Å². The Morgan fingerprint density at radius 3 is 2.75 bits per heavy atom. The first-order valence-electron chi connectivity index (χ1n) is 7.61. The van der Waals surface area contributed by atoms with Crippen molar-refractivity contribution < 1.29 is 4.74 Å². The Labute approximate surface area is 121 Å². The van der Waals surface area contributed by atoms with Gasteiger partial charge in [0.2, 0.25) is 5.95 Å². The van der Waals surface area contributed by atoms with E-state index in [1.54, 1.807) is 0 Å². The lowest BCUT2D eigenvalue weighted by Crippen LogP contribution is -2.42. The minimum Gasteiger partial charge on any atom is -0.381 e. The van der Waals surface area contributed by atoms with Crippen LogP contribution >= 0.6 is 0 Å². The van der Waals surface area contributed by atoms with E-state index in [1.165, 1.54) is 0 Å². The molecule has 2 heterocycles. The SMILES string of the molecule is CCCOCCc1nc(N2CCC(C)(CN)CC2)n[nH]1. The first-order valence-corrected chi connectivity index (χ1v) is 7.61. The zero-order chi connectivity index (χ0) is 14.4. The zero-order valence-electron chi connectivity index (χ0n) is 12.7. The second kappa shape index (κ2) is 7.04. The second-order valence-electron chi connectivity index (χ2n) is 5.95. The lowest BCUT2D eigenvalue weighted by molar-refractivity contribution is 0.136. The number of hydrogen-bond donors (Lipinski definition) is 2. The molecule has 0 bridgehead atoms. The van der Waals surface area contributed by atoms with Gasteiger partial charge in [0.15, 0.2) is 0 Å². The number of aromatic amines is 1. The molecule has 114 valence electrons. The smallest absolute Gasteiger partial charge is 0.244 e. The molecule has 0 unspecified atom stereocenters. The number of hydrogen-bond acceptors (Lipinski definition) is 5. The van der Waals surface area contributed by atoms with Crippen LogP contribution in [0, 0.1) is 5.41 Å². The molecule has 1 saturated heterocycles. The highest BCUT2D eigenvalue weighted by Gasteiger charge is 2.29. The van der Waals surface area contributed by atoms with Gasteiger partial charge in [-0.1, -0.05) is 13.8 Å². The molecule has 0 radical (unpaired) electrons. The van der Waals surface area contributed by atoms with Crippen molar-refractivity contribution in [3.63, 3.8) is 0 Å². The van der Waals surface area contributed by atoms with Crippen LogP contribution in [-0.4, -0.2) is 48.0 Å². The number of H-pyrrole nitrogens is 1. The summed E-state index contributed by atoms with van der Waals surface area (Å²) in [4.78, 5) is 6.79. The molecule has 1 aromatic rings. The summed E-state index contributed by atoms with van der Waals surface area (Å²) in [6.45, 7) is 8.61. The van der Waals surface area contributed by atoms with Gasteiger partial charge in [-0.3, -0.25) is 5.10 Å². The number of aromatic nitrogens is 3. The molecule has 2 rings (SSSR count). The van der Waals surface area contributed by atoms with Crippen LogP contribution in [0.4, 0.5) is 5.95 Å². The van der Waals surface area contributed by atoms with E-state index in [0.717, 1.165) is 63.7 Å². The van der Waals surface area contributed by atoms with E-state index in [9.17, 15) is 0 Å². The van der Waals surface area contributed by atoms with Crippen molar-refractivity contribution in [2.45, 2.75) is 39.5 Å². The molecule has 1 aliphatic rings. The predicted molar refractivity (Wildman–Crippen MR) is 79.8 cm³/mol. The molecule has 20 heavy (non-hydrogen) atoms. The fourth-order valence-corrected chi connectivity index (χ4v) is 2.40. The van der Waals surface area contributed by atoms with Crippen LogP contribution in [-0.2, 0) is 11.2 Å². The number of ether oxygens (including phenoxy) is 1. The summed E-state index contributed by atoms with van der Waals surface area (Å²) in [5.74, 6) is 1.72. The lowest BCUT2D eigenvalue weighted by Gasteiger charge is -2.38. The van der Waals surface area contributed by atoms with Gasteiger partial charge in [0, 0.05) is 26.1 Å². The lowest BCUT2D eigenvalue weighted by atomic mass is 9.81. The Morgan fingerprint density at radius 2 is 2.10 bits per heavy atom. The third-order valence-electron chi connectivity index (χ3n) is 4.10. The largest absolute Gasteiger partial charge is 0.381 e. The fourth-order valence-electron chi connectivity index (χ4n) is 2.40. The molecule has 0 saturated carbocycles. The maximum Gasteiger partial charge on any atom is 0.244 e. The van der Waals surface area contributed by atoms with E-state index in [-0.39, 0.29) is 5.41 Å². The molecule has 0 aromatic carbocycles. The number of rotatable bonds is 7. The molecule has 0 spiro atoms. The average molecular weight is 281 g/mol. The Balaban J connectivity index is 1.81. The predicted octanol–water partition coefficient (Wildman–Crippen LogP) is 1.34. The molecule has 1 fully saturated rings. The summed E-state index contributed by atoms with van der Waals surface area (Å²) in [5, 5.41) is 7.32. The summed E-state index contributed by atoms with van der Waals surface area (Å²) in [6, 6.07) is 0. The molecule has 6 heteroatoms. The molecule has 1 aliphatic heterocycles. The standard InChI is InChI=1S/C14H27N5O/c1-3-9-20-10-4-12-16-13(18-17-12)19-7-5-14(2,11-15)6-8-19/h3-11,15H2,1-2H3,(H,16,17,18). The summed E-state index contributed by atoms with van der Waals surface area (Å²) < 4.78 is 5.47. The number of anilines is 1. The van der Waals surface area contributed by atoms with Gasteiger partial charge < -0.3 is 15.4 Å². The van der Waals surface area contributed by atoms with Gasteiger partial charge in [-0.25, -0.2) is 0 Å². The molecular formula is C14H27N5O.